The summed E-state index contributed by atoms with van der Waals surface area (Å²) >= 11 is 0. The molecular weight excluding hydrogens is 414 g/mol. The molecule has 1 N–H and O–H groups in total. The minimum Gasteiger partial charge on any atom is -0.495 e. The molecule has 174 valence electrons. The monoisotopic (exact) mass is 451 g/mol. The summed E-state index contributed by atoms with van der Waals surface area (Å²) in [5.41, 5.74) is 0.343. The molecule has 2 fully saturated rings. The number of carbonyl (C=O) groups is 1. The first kappa shape index (κ1) is 24.0. The number of benzene rings is 1. The minimum absolute atomic E-state index is 0.0567. The van der Waals surface area contributed by atoms with Crippen molar-refractivity contribution >= 4 is 15.9 Å². The Labute approximate surface area is 187 Å². The Kier molecular flexibility index (Phi) is 8.36. The van der Waals surface area contributed by atoms with Gasteiger partial charge in [0.15, 0.2) is 0 Å². The van der Waals surface area contributed by atoms with Crippen molar-refractivity contribution in [3.05, 3.63) is 23.8 Å². The van der Waals surface area contributed by atoms with E-state index in [4.69, 9.17) is 4.74 Å². The number of nitrogens with one attached hydrogen (secondary N) is 1. The largest absolute Gasteiger partial charge is 0.495 e. The average Bonchev–Trinajstić information content (AvgIpc) is 2.77. The van der Waals surface area contributed by atoms with Gasteiger partial charge in [0.1, 0.15) is 10.6 Å². The molecule has 7 nitrogen and oxygen atoms in total. The number of piperidine rings is 2. The van der Waals surface area contributed by atoms with E-state index in [0.717, 1.165) is 51.2 Å². The lowest BCUT2D eigenvalue weighted by atomic mass is 9.99. The van der Waals surface area contributed by atoms with E-state index in [1.165, 1.54) is 30.3 Å². The molecule has 0 saturated carbocycles. The van der Waals surface area contributed by atoms with E-state index in [1.54, 1.807) is 12.1 Å². The molecule has 0 spiro atoms. The van der Waals surface area contributed by atoms with Gasteiger partial charge in [0.05, 0.1) is 7.11 Å². The second kappa shape index (κ2) is 10.8. The number of hydrogen-bond donors (Lipinski definition) is 1. The molecule has 1 aromatic carbocycles. The number of amides is 1. The summed E-state index contributed by atoms with van der Waals surface area (Å²) in [6.45, 7) is 8.53. The first-order valence-electron chi connectivity index (χ1n) is 11.5. The van der Waals surface area contributed by atoms with Crippen molar-refractivity contribution in [3.63, 3.8) is 0 Å². The molecule has 1 amide bonds. The van der Waals surface area contributed by atoms with E-state index in [1.807, 2.05) is 6.92 Å². The van der Waals surface area contributed by atoms with Crippen LogP contribution in [0.3, 0.4) is 0 Å². The van der Waals surface area contributed by atoms with Crippen LogP contribution in [0.1, 0.15) is 62.7 Å². The zero-order valence-electron chi connectivity index (χ0n) is 19.1. The standard InChI is InChI=1S/C23H37N3O4S/c1-18-10-15-25(16-11-18)13-6-12-24-23(27)20-8-9-21(30-3)22(17-20)31(28,29)26-14-5-4-7-19(26)2/h8-9,17-19H,4-7,10-16H2,1-3H3,(H,24,27)/t19-/m0/s1. The van der Waals surface area contributed by atoms with Crippen molar-refractivity contribution in [1.29, 1.82) is 0 Å². The predicted molar refractivity (Wildman–Crippen MR) is 122 cm³/mol. The van der Waals surface area contributed by atoms with E-state index in [9.17, 15) is 13.2 Å². The van der Waals surface area contributed by atoms with Crippen LogP contribution < -0.4 is 10.1 Å². The maximum Gasteiger partial charge on any atom is 0.251 e. The normalized spacial score (nSPS) is 21.7. The third-order valence-corrected chi connectivity index (χ3v) is 8.60. The SMILES string of the molecule is COc1ccc(C(=O)NCCCN2CCC(C)CC2)cc1S(=O)(=O)N1CCCC[C@@H]1C. The fraction of sp³-hybridized carbons (Fsp3) is 0.696. The molecular formula is C23H37N3O4S. The van der Waals surface area contributed by atoms with Gasteiger partial charge in [-0.05, 0) is 82.8 Å². The Morgan fingerprint density at radius 1 is 1.13 bits per heavy atom. The van der Waals surface area contributed by atoms with Gasteiger partial charge in [-0.3, -0.25) is 4.79 Å². The van der Waals surface area contributed by atoms with Gasteiger partial charge in [0, 0.05) is 24.7 Å². The maximum atomic E-state index is 13.3. The molecule has 1 atom stereocenters. The van der Waals surface area contributed by atoms with Crippen LogP contribution in [0.2, 0.25) is 0 Å². The molecule has 2 saturated heterocycles. The fourth-order valence-electron chi connectivity index (χ4n) is 4.47. The van der Waals surface area contributed by atoms with Crippen molar-refractivity contribution in [2.75, 3.05) is 39.8 Å². The number of likely N-dealkylation sites (tertiary alicyclic amines) is 1. The van der Waals surface area contributed by atoms with Crippen LogP contribution in [0.15, 0.2) is 23.1 Å². The highest BCUT2D eigenvalue weighted by Crippen LogP contribution is 2.31. The summed E-state index contributed by atoms with van der Waals surface area (Å²) < 4.78 is 33.5. The van der Waals surface area contributed by atoms with Gasteiger partial charge in [-0.1, -0.05) is 13.3 Å². The summed E-state index contributed by atoms with van der Waals surface area (Å²) in [4.78, 5) is 15.2. The van der Waals surface area contributed by atoms with Crippen molar-refractivity contribution in [3.8, 4) is 5.75 Å². The lowest BCUT2D eigenvalue weighted by Crippen LogP contribution is -2.42. The number of methoxy groups -OCH3 is 1. The molecule has 2 heterocycles. The molecule has 1 aromatic rings. The Bertz CT molecular complexity index is 850. The molecule has 0 aliphatic carbocycles. The third kappa shape index (κ3) is 5.99. The fourth-order valence-corrected chi connectivity index (χ4v) is 6.35. The van der Waals surface area contributed by atoms with Gasteiger partial charge in [-0.15, -0.1) is 0 Å². The predicted octanol–water partition coefficient (Wildman–Crippen LogP) is 3.11. The summed E-state index contributed by atoms with van der Waals surface area (Å²) in [6.07, 6.45) is 6.09. The quantitative estimate of drug-likeness (QED) is 0.615. The topological polar surface area (TPSA) is 79.0 Å². The Morgan fingerprint density at radius 3 is 2.55 bits per heavy atom. The molecule has 2 aliphatic heterocycles. The van der Waals surface area contributed by atoms with E-state index in [0.29, 0.717) is 18.7 Å². The maximum absolute atomic E-state index is 13.3. The molecule has 0 unspecified atom stereocenters. The van der Waals surface area contributed by atoms with Crippen LogP contribution in [-0.4, -0.2) is 69.4 Å². The van der Waals surface area contributed by atoms with Gasteiger partial charge in [-0.25, -0.2) is 8.42 Å². The molecule has 0 aromatic heterocycles. The van der Waals surface area contributed by atoms with Gasteiger partial charge in [0.2, 0.25) is 10.0 Å². The zero-order chi connectivity index (χ0) is 22.4. The Morgan fingerprint density at radius 2 is 1.87 bits per heavy atom. The highest BCUT2D eigenvalue weighted by Gasteiger charge is 2.33. The highest BCUT2D eigenvalue weighted by atomic mass is 32.2. The van der Waals surface area contributed by atoms with Gasteiger partial charge < -0.3 is 15.0 Å². The molecule has 31 heavy (non-hydrogen) atoms. The minimum atomic E-state index is -3.73. The van der Waals surface area contributed by atoms with Crippen LogP contribution in [-0.2, 0) is 10.0 Å². The lowest BCUT2D eigenvalue weighted by molar-refractivity contribution is 0.0950. The van der Waals surface area contributed by atoms with E-state index >= 15 is 0 Å². The Hall–Kier alpha value is -1.64. The van der Waals surface area contributed by atoms with E-state index in [-0.39, 0.29) is 22.6 Å². The first-order valence-corrected chi connectivity index (χ1v) is 13.0. The highest BCUT2D eigenvalue weighted by molar-refractivity contribution is 7.89. The van der Waals surface area contributed by atoms with E-state index < -0.39 is 10.0 Å². The number of sulfonamides is 1. The second-order valence-electron chi connectivity index (χ2n) is 8.96. The summed E-state index contributed by atoms with van der Waals surface area (Å²) in [6, 6.07) is 4.60. The van der Waals surface area contributed by atoms with Crippen LogP contribution in [0.25, 0.3) is 0 Å². The number of hydrogen-bond acceptors (Lipinski definition) is 5. The van der Waals surface area contributed by atoms with Crippen LogP contribution in [0.4, 0.5) is 0 Å². The van der Waals surface area contributed by atoms with Crippen LogP contribution in [0, 0.1) is 5.92 Å². The smallest absolute Gasteiger partial charge is 0.251 e. The molecule has 0 bridgehead atoms. The molecule has 2 aliphatic rings. The summed E-state index contributed by atoms with van der Waals surface area (Å²) in [7, 11) is -2.28. The number of carbonyl (C=O) groups excluding carboxylic acids is 1. The number of ether oxygens (including phenoxy) is 1. The van der Waals surface area contributed by atoms with Crippen molar-refractivity contribution in [1.82, 2.24) is 14.5 Å². The summed E-state index contributed by atoms with van der Waals surface area (Å²) in [5, 5.41) is 2.94. The molecule has 0 radical (unpaired) electrons. The first-order chi connectivity index (χ1) is 14.8. The van der Waals surface area contributed by atoms with Gasteiger partial charge >= 0.3 is 0 Å². The Balaban J connectivity index is 1.63. The number of rotatable bonds is 8. The van der Waals surface area contributed by atoms with Gasteiger partial charge in [-0.2, -0.15) is 4.31 Å². The zero-order valence-corrected chi connectivity index (χ0v) is 19.9. The van der Waals surface area contributed by atoms with Crippen molar-refractivity contribution in [2.24, 2.45) is 5.92 Å². The van der Waals surface area contributed by atoms with Gasteiger partial charge in [0.25, 0.3) is 5.91 Å². The molecule has 8 heteroatoms. The van der Waals surface area contributed by atoms with E-state index in [2.05, 4.69) is 17.1 Å². The van der Waals surface area contributed by atoms with Crippen LogP contribution >= 0.6 is 0 Å². The molecule has 3 rings (SSSR count). The van der Waals surface area contributed by atoms with Crippen molar-refractivity contribution in [2.45, 2.75) is 63.3 Å². The van der Waals surface area contributed by atoms with Crippen molar-refractivity contribution < 1.29 is 17.9 Å². The number of nitrogens with zero attached hydrogens (tertiary/aromatic N) is 2. The average molecular weight is 452 g/mol. The second-order valence-corrected chi connectivity index (χ2v) is 10.8. The van der Waals surface area contributed by atoms with Crippen LogP contribution in [0.5, 0.6) is 5.75 Å². The lowest BCUT2D eigenvalue weighted by Gasteiger charge is -2.32. The third-order valence-electron chi connectivity index (χ3n) is 6.57. The summed E-state index contributed by atoms with van der Waals surface area (Å²) in [5.74, 6) is 0.830.